The molecule has 92 valence electrons. The van der Waals surface area contributed by atoms with Crippen LogP contribution in [0.1, 0.15) is 18.1 Å². The third-order valence-electron chi connectivity index (χ3n) is 2.61. The minimum Gasteiger partial charge on any atom is -0.489 e. The molecule has 0 fully saturated rings. The molecular formula is C15H14BrNO. The van der Waals surface area contributed by atoms with Crippen molar-refractivity contribution in [3.63, 3.8) is 0 Å². The largest absolute Gasteiger partial charge is 0.489 e. The lowest BCUT2D eigenvalue weighted by Crippen LogP contribution is -1.96. The van der Waals surface area contributed by atoms with E-state index in [2.05, 4.69) is 15.9 Å². The highest BCUT2D eigenvalue weighted by atomic mass is 79.9. The minimum absolute atomic E-state index is 0.552. The molecule has 0 saturated carbocycles. The van der Waals surface area contributed by atoms with E-state index >= 15 is 0 Å². The standard InChI is InChI=1S/C15H14BrNO/c1-11(17)13-4-8-15(9-5-13)18-10-12-2-6-14(16)7-3-12/h2-9,17H,10H2,1H3. The number of hydrogen-bond donors (Lipinski definition) is 1. The zero-order chi connectivity index (χ0) is 13.0. The predicted octanol–water partition coefficient (Wildman–Crippen LogP) is 4.42. The summed E-state index contributed by atoms with van der Waals surface area (Å²) in [5.41, 5.74) is 2.62. The fourth-order valence-corrected chi connectivity index (χ4v) is 1.81. The summed E-state index contributed by atoms with van der Waals surface area (Å²) in [5, 5.41) is 7.52. The molecule has 0 saturated heterocycles. The Balaban J connectivity index is 1.97. The Morgan fingerprint density at radius 2 is 1.67 bits per heavy atom. The van der Waals surface area contributed by atoms with Crippen molar-refractivity contribution >= 4 is 21.6 Å². The van der Waals surface area contributed by atoms with Gasteiger partial charge in [0.1, 0.15) is 12.4 Å². The maximum Gasteiger partial charge on any atom is 0.119 e. The maximum absolute atomic E-state index is 7.52. The second kappa shape index (κ2) is 5.83. The average molecular weight is 304 g/mol. The van der Waals surface area contributed by atoms with Gasteiger partial charge in [-0.2, -0.15) is 0 Å². The third-order valence-corrected chi connectivity index (χ3v) is 3.13. The summed E-state index contributed by atoms with van der Waals surface area (Å²) in [7, 11) is 0. The van der Waals surface area contributed by atoms with Gasteiger partial charge in [-0.3, -0.25) is 0 Å². The van der Waals surface area contributed by atoms with Crippen LogP contribution in [0.5, 0.6) is 5.75 Å². The lowest BCUT2D eigenvalue weighted by molar-refractivity contribution is 0.306. The van der Waals surface area contributed by atoms with Crippen molar-refractivity contribution in [2.24, 2.45) is 0 Å². The van der Waals surface area contributed by atoms with E-state index in [1.807, 2.05) is 48.5 Å². The van der Waals surface area contributed by atoms with E-state index in [9.17, 15) is 0 Å². The van der Waals surface area contributed by atoms with Crippen molar-refractivity contribution < 1.29 is 4.74 Å². The summed E-state index contributed by atoms with van der Waals surface area (Å²) in [4.78, 5) is 0. The molecule has 0 aliphatic rings. The first-order valence-electron chi connectivity index (χ1n) is 5.68. The summed E-state index contributed by atoms with van der Waals surface area (Å²) < 4.78 is 6.75. The van der Waals surface area contributed by atoms with E-state index in [4.69, 9.17) is 10.1 Å². The van der Waals surface area contributed by atoms with Crippen LogP contribution in [0.4, 0.5) is 0 Å². The molecule has 0 aliphatic heterocycles. The zero-order valence-electron chi connectivity index (χ0n) is 10.1. The average Bonchev–Trinajstić information content (AvgIpc) is 2.38. The molecule has 2 aromatic rings. The SMILES string of the molecule is CC(=N)c1ccc(OCc2ccc(Br)cc2)cc1. The van der Waals surface area contributed by atoms with E-state index < -0.39 is 0 Å². The number of nitrogens with one attached hydrogen (secondary N) is 1. The Bertz CT molecular complexity index is 531. The molecule has 0 heterocycles. The summed E-state index contributed by atoms with van der Waals surface area (Å²) in [5.74, 6) is 0.822. The van der Waals surface area contributed by atoms with Crippen LogP contribution < -0.4 is 4.74 Å². The molecule has 0 unspecified atom stereocenters. The van der Waals surface area contributed by atoms with Crippen molar-refractivity contribution in [2.45, 2.75) is 13.5 Å². The molecule has 2 nitrogen and oxygen atoms in total. The molecule has 0 amide bonds. The number of halogens is 1. The van der Waals surface area contributed by atoms with Gasteiger partial charge in [-0.1, -0.05) is 28.1 Å². The molecule has 0 bridgehead atoms. The van der Waals surface area contributed by atoms with Crippen LogP contribution in [0.3, 0.4) is 0 Å². The molecule has 0 aromatic heterocycles. The van der Waals surface area contributed by atoms with E-state index in [1.165, 1.54) is 0 Å². The topological polar surface area (TPSA) is 33.1 Å². The van der Waals surface area contributed by atoms with Crippen molar-refractivity contribution in [3.8, 4) is 5.75 Å². The van der Waals surface area contributed by atoms with Crippen molar-refractivity contribution in [3.05, 3.63) is 64.1 Å². The molecule has 0 aliphatic carbocycles. The fourth-order valence-electron chi connectivity index (χ4n) is 1.55. The normalized spacial score (nSPS) is 10.1. The molecule has 18 heavy (non-hydrogen) atoms. The summed E-state index contributed by atoms with van der Waals surface area (Å²) in [6, 6.07) is 15.7. The highest BCUT2D eigenvalue weighted by molar-refractivity contribution is 9.10. The molecule has 2 rings (SSSR count). The number of hydrogen-bond acceptors (Lipinski definition) is 2. The fraction of sp³-hybridized carbons (Fsp3) is 0.133. The van der Waals surface area contributed by atoms with Gasteiger partial charge in [0.25, 0.3) is 0 Å². The Morgan fingerprint density at radius 1 is 1.06 bits per heavy atom. The van der Waals surface area contributed by atoms with Crippen molar-refractivity contribution in [1.29, 1.82) is 5.41 Å². The van der Waals surface area contributed by atoms with Crippen LogP contribution in [-0.4, -0.2) is 5.71 Å². The Kier molecular flexibility index (Phi) is 4.15. The monoisotopic (exact) mass is 303 g/mol. The lowest BCUT2D eigenvalue weighted by Gasteiger charge is -2.07. The van der Waals surface area contributed by atoms with E-state index in [0.717, 1.165) is 21.3 Å². The van der Waals surface area contributed by atoms with Crippen LogP contribution in [0.2, 0.25) is 0 Å². The van der Waals surface area contributed by atoms with Crippen LogP contribution in [-0.2, 0) is 6.61 Å². The number of ether oxygens (including phenoxy) is 1. The van der Waals surface area contributed by atoms with Crippen LogP contribution in [0, 0.1) is 5.41 Å². The Labute approximate surface area is 115 Å². The first-order chi connectivity index (χ1) is 8.65. The molecule has 1 N–H and O–H groups in total. The van der Waals surface area contributed by atoms with Gasteiger partial charge in [0.2, 0.25) is 0 Å². The van der Waals surface area contributed by atoms with Crippen LogP contribution in [0.25, 0.3) is 0 Å². The van der Waals surface area contributed by atoms with Crippen LogP contribution >= 0.6 is 15.9 Å². The first kappa shape index (κ1) is 12.8. The van der Waals surface area contributed by atoms with E-state index in [-0.39, 0.29) is 0 Å². The number of benzene rings is 2. The predicted molar refractivity (Wildman–Crippen MR) is 77.4 cm³/mol. The van der Waals surface area contributed by atoms with E-state index in [1.54, 1.807) is 6.92 Å². The smallest absolute Gasteiger partial charge is 0.119 e. The lowest BCUT2D eigenvalue weighted by atomic mass is 10.1. The van der Waals surface area contributed by atoms with E-state index in [0.29, 0.717) is 12.3 Å². The Morgan fingerprint density at radius 3 is 2.22 bits per heavy atom. The summed E-state index contributed by atoms with van der Waals surface area (Å²) in [6.07, 6.45) is 0. The van der Waals surface area contributed by atoms with Gasteiger partial charge >= 0.3 is 0 Å². The summed E-state index contributed by atoms with van der Waals surface area (Å²) >= 11 is 3.40. The maximum atomic E-state index is 7.52. The van der Waals surface area contributed by atoms with Crippen molar-refractivity contribution in [1.82, 2.24) is 0 Å². The zero-order valence-corrected chi connectivity index (χ0v) is 11.7. The molecule has 2 aromatic carbocycles. The molecule has 0 radical (unpaired) electrons. The molecule has 0 atom stereocenters. The van der Waals surface area contributed by atoms with Crippen LogP contribution in [0.15, 0.2) is 53.0 Å². The molecule has 3 heteroatoms. The Hall–Kier alpha value is -1.61. The minimum atomic E-state index is 0.552. The second-order valence-electron chi connectivity index (χ2n) is 4.06. The summed E-state index contributed by atoms with van der Waals surface area (Å²) in [6.45, 7) is 2.33. The number of rotatable bonds is 4. The molecule has 0 spiro atoms. The van der Waals surface area contributed by atoms with Gasteiger partial charge in [0, 0.05) is 10.2 Å². The van der Waals surface area contributed by atoms with Gasteiger partial charge in [-0.25, -0.2) is 0 Å². The highest BCUT2D eigenvalue weighted by Crippen LogP contribution is 2.16. The second-order valence-corrected chi connectivity index (χ2v) is 4.98. The van der Waals surface area contributed by atoms with Gasteiger partial charge in [-0.15, -0.1) is 0 Å². The van der Waals surface area contributed by atoms with Gasteiger partial charge < -0.3 is 10.1 Å². The van der Waals surface area contributed by atoms with Gasteiger partial charge in [0.05, 0.1) is 0 Å². The molecular weight excluding hydrogens is 290 g/mol. The van der Waals surface area contributed by atoms with Crippen molar-refractivity contribution in [2.75, 3.05) is 0 Å². The van der Waals surface area contributed by atoms with Gasteiger partial charge in [0.15, 0.2) is 0 Å². The highest BCUT2D eigenvalue weighted by Gasteiger charge is 1.98. The quantitative estimate of drug-likeness (QED) is 0.834. The first-order valence-corrected chi connectivity index (χ1v) is 6.47. The third kappa shape index (κ3) is 3.44. The van der Waals surface area contributed by atoms with Gasteiger partial charge in [-0.05, 0) is 54.4 Å².